The summed E-state index contributed by atoms with van der Waals surface area (Å²) < 4.78 is 6.04. The van der Waals surface area contributed by atoms with Gasteiger partial charge >= 0.3 is 5.97 Å². The molecule has 0 saturated heterocycles. The first-order valence-corrected chi connectivity index (χ1v) is 22.6. The lowest BCUT2D eigenvalue weighted by Gasteiger charge is -2.20. The van der Waals surface area contributed by atoms with Crippen molar-refractivity contribution in [1.82, 2.24) is 4.90 Å². The molecule has 0 unspecified atom stereocenters. The molecule has 0 aromatic heterocycles. The van der Waals surface area contributed by atoms with E-state index in [0.29, 0.717) is 6.42 Å². The highest BCUT2D eigenvalue weighted by atomic mass is 16.5. The van der Waals surface area contributed by atoms with E-state index < -0.39 is 0 Å². The predicted octanol–water partition coefficient (Wildman–Crippen LogP) is 15.3. The minimum atomic E-state index is 0.0629. The average molecular weight is 678 g/mol. The first-order valence-electron chi connectivity index (χ1n) is 22.6. The van der Waals surface area contributed by atoms with E-state index in [-0.39, 0.29) is 12.1 Å². The lowest BCUT2D eigenvalue weighted by Crippen LogP contribution is -2.25. The summed E-state index contributed by atoms with van der Waals surface area (Å²) in [5.41, 5.74) is 0. The van der Waals surface area contributed by atoms with Gasteiger partial charge in [0.25, 0.3) is 0 Å². The topological polar surface area (TPSA) is 29.5 Å². The van der Waals surface area contributed by atoms with E-state index in [9.17, 15) is 4.79 Å². The lowest BCUT2D eigenvalue weighted by atomic mass is 10.0. The van der Waals surface area contributed by atoms with Gasteiger partial charge in [0.15, 0.2) is 0 Å². The molecule has 0 radical (unpaired) electrons. The van der Waals surface area contributed by atoms with E-state index in [1.165, 1.54) is 225 Å². The Balaban J connectivity index is 3.78. The smallest absolute Gasteiger partial charge is 0.306 e. The van der Waals surface area contributed by atoms with Crippen LogP contribution in [0.2, 0.25) is 0 Å². The quantitative estimate of drug-likeness (QED) is 0.0476. The van der Waals surface area contributed by atoms with Crippen molar-refractivity contribution in [2.45, 2.75) is 265 Å². The van der Waals surface area contributed by atoms with Crippen LogP contribution in [-0.2, 0) is 9.53 Å². The molecule has 3 heteroatoms. The molecule has 0 bridgehead atoms. The molecule has 0 amide bonds. The highest BCUT2D eigenvalue weighted by Gasteiger charge is 2.14. The van der Waals surface area contributed by atoms with Crippen molar-refractivity contribution in [2.24, 2.45) is 0 Å². The molecule has 0 atom stereocenters. The van der Waals surface area contributed by atoms with Crippen molar-refractivity contribution in [3.63, 3.8) is 0 Å². The third-order valence-electron chi connectivity index (χ3n) is 10.7. The first-order chi connectivity index (χ1) is 23.7. The normalized spacial score (nSPS) is 11.7. The van der Waals surface area contributed by atoms with Gasteiger partial charge in [-0.3, -0.25) is 4.79 Å². The summed E-state index contributed by atoms with van der Waals surface area (Å²) in [7, 11) is 0. The molecule has 0 N–H and O–H groups in total. The first kappa shape index (κ1) is 47.4. The number of carbonyl (C=O) groups excluding carboxylic acids is 1. The van der Waals surface area contributed by atoms with Gasteiger partial charge in [-0.25, -0.2) is 0 Å². The van der Waals surface area contributed by atoms with Crippen LogP contribution in [0.15, 0.2) is 0 Å². The van der Waals surface area contributed by atoms with Crippen molar-refractivity contribution >= 4 is 5.97 Å². The summed E-state index contributed by atoms with van der Waals surface area (Å²) in [6, 6.07) is 0. The number of unbranched alkanes of at least 4 members (excludes halogenated alkanes) is 29. The van der Waals surface area contributed by atoms with E-state index in [0.717, 1.165) is 19.3 Å². The second kappa shape index (κ2) is 40.9. The molecule has 0 aromatic rings. The largest absolute Gasteiger partial charge is 0.462 e. The van der Waals surface area contributed by atoms with Crippen LogP contribution in [0.25, 0.3) is 0 Å². The highest BCUT2D eigenvalue weighted by molar-refractivity contribution is 5.69. The Morgan fingerprint density at radius 3 is 1.02 bits per heavy atom. The Morgan fingerprint density at radius 1 is 0.396 bits per heavy atom. The van der Waals surface area contributed by atoms with Gasteiger partial charge in [-0.2, -0.15) is 0 Å². The molecule has 0 rings (SSSR count). The van der Waals surface area contributed by atoms with Crippen LogP contribution >= 0.6 is 0 Å². The Kier molecular flexibility index (Phi) is 40.4. The lowest BCUT2D eigenvalue weighted by molar-refractivity contribution is -0.150. The molecule has 0 spiro atoms. The minimum Gasteiger partial charge on any atom is -0.462 e. The molecule has 3 nitrogen and oxygen atoms in total. The van der Waals surface area contributed by atoms with Crippen LogP contribution in [0, 0.1) is 0 Å². The second-order valence-electron chi connectivity index (χ2n) is 15.5. The van der Waals surface area contributed by atoms with Crippen LogP contribution < -0.4 is 0 Å². The number of esters is 1. The van der Waals surface area contributed by atoms with Gasteiger partial charge in [0, 0.05) is 6.42 Å². The monoisotopic (exact) mass is 678 g/mol. The van der Waals surface area contributed by atoms with Crippen LogP contribution in [-0.4, -0.2) is 36.6 Å². The van der Waals surface area contributed by atoms with Gasteiger partial charge in [-0.15, -0.1) is 0 Å². The van der Waals surface area contributed by atoms with Crippen molar-refractivity contribution in [1.29, 1.82) is 0 Å². The maximum Gasteiger partial charge on any atom is 0.306 e. The summed E-state index contributed by atoms with van der Waals surface area (Å²) in [4.78, 5) is 15.3. The fourth-order valence-corrected chi connectivity index (χ4v) is 7.26. The predicted molar refractivity (Wildman–Crippen MR) is 215 cm³/mol. The Hall–Kier alpha value is -0.570. The van der Waals surface area contributed by atoms with E-state index in [1.54, 1.807) is 0 Å². The van der Waals surface area contributed by atoms with Gasteiger partial charge in [0.2, 0.25) is 0 Å². The zero-order chi connectivity index (χ0) is 35.0. The molecule has 0 heterocycles. The van der Waals surface area contributed by atoms with Gasteiger partial charge < -0.3 is 9.64 Å². The maximum atomic E-state index is 12.7. The third kappa shape index (κ3) is 36.7. The van der Waals surface area contributed by atoms with Gasteiger partial charge in [0.1, 0.15) is 6.10 Å². The number of nitrogens with zero attached hydrogens (tertiary/aromatic N) is 1. The van der Waals surface area contributed by atoms with E-state index in [4.69, 9.17) is 4.74 Å². The SMILES string of the molecule is CCCCCCCCCCCCCCCCCCN(CC)CCCCCCCC(=O)OC(CCCCCCCC)CCCCCCCC. The zero-order valence-corrected chi connectivity index (χ0v) is 33.9. The molecule has 288 valence electrons. The molecule has 0 aliphatic carbocycles. The fourth-order valence-electron chi connectivity index (χ4n) is 7.26. The number of carbonyl (C=O) groups is 1. The summed E-state index contributed by atoms with van der Waals surface area (Å²) in [5, 5.41) is 0. The van der Waals surface area contributed by atoms with E-state index >= 15 is 0 Å². The molecular weight excluding hydrogens is 587 g/mol. The standard InChI is InChI=1S/C45H91NO2/c1-5-9-12-15-18-19-20-21-22-23-24-25-26-27-32-37-42-46(8-4)43-38-33-28-31-36-41-45(47)48-44(39-34-29-16-13-10-6-2)40-35-30-17-14-11-7-3/h44H,5-43H2,1-4H3. The Bertz CT molecular complexity index is 592. The summed E-state index contributed by atoms with van der Waals surface area (Å²) in [6.45, 7) is 12.9. The molecule has 0 aliphatic rings. The second-order valence-corrected chi connectivity index (χ2v) is 15.5. The summed E-state index contributed by atoms with van der Waals surface area (Å²) in [5.74, 6) is 0.0629. The number of hydrogen-bond acceptors (Lipinski definition) is 3. The fraction of sp³-hybridized carbons (Fsp3) is 0.978. The highest BCUT2D eigenvalue weighted by Crippen LogP contribution is 2.19. The van der Waals surface area contributed by atoms with Gasteiger partial charge in [0.05, 0.1) is 0 Å². The molecule has 0 saturated carbocycles. The summed E-state index contributed by atoms with van der Waals surface area (Å²) in [6.07, 6.45) is 47.7. The average Bonchev–Trinajstić information content (AvgIpc) is 3.09. The van der Waals surface area contributed by atoms with Crippen LogP contribution in [0.4, 0.5) is 0 Å². The van der Waals surface area contributed by atoms with Crippen molar-refractivity contribution in [3.8, 4) is 0 Å². The molecule has 0 fully saturated rings. The van der Waals surface area contributed by atoms with Crippen molar-refractivity contribution in [3.05, 3.63) is 0 Å². The number of ether oxygens (including phenoxy) is 1. The van der Waals surface area contributed by atoms with Crippen LogP contribution in [0.5, 0.6) is 0 Å². The molecule has 0 aromatic carbocycles. The Labute approximate surface area is 304 Å². The van der Waals surface area contributed by atoms with Gasteiger partial charge in [-0.1, -0.05) is 207 Å². The maximum absolute atomic E-state index is 12.7. The molecule has 48 heavy (non-hydrogen) atoms. The van der Waals surface area contributed by atoms with Crippen LogP contribution in [0.3, 0.4) is 0 Å². The van der Waals surface area contributed by atoms with Crippen molar-refractivity contribution in [2.75, 3.05) is 19.6 Å². The molecular formula is C45H91NO2. The zero-order valence-electron chi connectivity index (χ0n) is 33.9. The Morgan fingerprint density at radius 2 is 0.688 bits per heavy atom. The molecule has 0 aliphatic heterocycles. The van der Waals surface area contributed by atoms with Crippen molar-refractivity contribution < 1.29 is 9.53 Å². The van der Waals surface area contributed by atoms with E-state index in [2.05, 4.69) is 32.6 Å². The number of rotatable bonds is 41. The van der Waals surface area contributed by atoms with Gasteiger partial charge in [-0.05, 0) is 64.6 Å². The number of hydrogen-bond donors (Lipinski definition) is 0. The summed E-state index contributed by atoms with van der Waals surface area (Å²) >= 11 is 0. The minimum absolute atomic E-state index is 0.0629. The third-order valence-corrected chi connectivity index (χ3v) is 10.7. The van der Waals surface area contributed by atoms with Crippen LogP contribution in [0.1, 0.15) is 259 Å². The van der Waals surface area contributed by atoms with E-state index in [1.807, 2.05) is 0 Å².